The summed E-state index contributed by atoms with van der Waals surface area (Å²) in [7, 11) is 0. The number of ether oxygens (including phenoxy) is 5. The molecule has 9 heteroatoms. The summed E-state index contributed by atoms with van der Waals surface area (Å²) in [5.41, 5.74) is 0.329. The summed E-state index contributed by atoms with van der Waals surface area (Å²) in [6.45, 7) is 5.89. The van der Waals surface area contributed by atoms with Gasteiger partial charge in [-0.05, 0) is 11.3 Å². The Labute approximate surface area is 180 Å². The molecule has 2 unspecified atom stereocenters. The second kappa shape index (κ2) is 11.9. The molecule has 0 spiro atoms. The van der Waals surface area contributed by atoms with Crippen LogP contribution in [0.2, 0.25) is 0 Å². The van der Waals surface area contributed by atoms with Crippen molar-refractivity contribution in [3.63, 3.8) is 0 Å². The van der Waals surface area contributed by atoms with Crippen molar-refractivity contribution in [2.24, 2.45) is 0 Å². The van der Waals surface area contributed by atoms with Crippen molar-refractivity contribution in [3.8, 4) is 0 Å². The first-order valence-electron chi connectivity index (χ1n) is 9.72. The number of benzene rings is 1. The van der Waals surface area contributed by atoms with Crippen LogP contribution in [0.5, 0.6) is 0 Å². The molecule has 8 nitrogen and oxygen atoms in total. The van der Waals surface area contributed by atoms with Crippen LogP contribution < -0.4 is 0 Å². The van der Waals surface area contributed by atoms with Crippen molar-refractivity contribution < 1.29 is 38.1 Å². The fraction of sp³-hybridized carbons (Fsp3) is 0.571. The Morgan fingerprint density at radius 1 is 0.933 bits per heavy atom. The Balaban J connectivity index is 2.34. The first kappa shape index (κ1) is 24.2. The summed E-state index contributed by atoms with van der Waals surface area (Å²) >= 11 is 1.43. The highest BCUT2D eigenvalue weighted by Gasteiger charge is 2.50. The predicted octanol–water partition coefficient (Wildman–Crippen LogP) is 2.48. The second-order valence-corrected chi connectivity index (χ2v) is 8.09. The van der Waals surface area contributed by atoms with E-state index in [-0.39, 0.29) is 13.2 Å². The van der Waals surface area contributed by atoms with E-state index >= 15 is 0 Å². The third-order valence-corrected chi connectivity index (χ3v) is 5.30. The van der Waals surface area contributed by atoms with Crippen LogP contribution >= 0.6 is 11.8 Å². The lowest BCUT2D eigenvalue weighted by Gasteiger charge is -2.44. The third kappa shape index (κ3) is 7.30. The lowest BCUT2D eigenvalue weighted by atomic mass is 9.99. The van der Waals surface area contributed by atoms with Gasteiger partial charge >= 0.3 is 17.9 Å². The largest absolute Gasteiger partial charge is 0.463 e. The normalized spacial score (nSPS) is 25.9. The Morgan fingerprint density at radius 3 is 2.13 bits per heavy atom. The van der Waals surface area contributed by atoms with Crippen LogP contribution in [-0.2, 0) is 44.7 Å². The lowest BCUT2D eigenvalue weighted by Crippen LogP contribution is -2.61. The monoisotopic (exact) mass is 440 g/mol. The van der Waals surface area contributed by atoms with Gasteiger partial charge in [0.25, 0.3) is 0 Å². The minimum atomic E-state index is -0.927. The van der Waals surface area contributed by atoms with E-state index in [0.29, 0.717) is 5.75 Å². The molecule has 1 aliphatic rings. The maximum atomic E-state index is 11.8. The Morgan fingerprint density at radius 2 is 1.57 bits per heavy atom. The highest BCUT2D eigenvalue weighted by atomic mass is 32.2. The van der Waals surface area contributed by atoms with Gasteiger partial charge in [-0.25, -0.2) is 0 Å². The van der Waals surface area contributed by atoms with Crippen molar-refractivity contribution in [2.45, 2.75) is 64.2 Å². The average Bonchev–Trinajstić information content (AvgIpc) is 2.68. The molecule has 0 aromatic heterocycles. The molecule has 0 bridgehead atoms. The van der Waals surface area contributed by atoms with Crippen LogP contribution in [0.15, 0.2) is 30.3 Å². The van der Waals surface area contributed by atoms with E-state index in [2.05, 4.69) is 0 Å². The van der Waals surface area contributed by atoms with Gasteiger partial charge in [-0.1, -0.05) is 37.3 Å². The SMILES string of the molecule is CCS[C@@H]1OC(COC(C)=O)[C@@H](OC(C)=O)[C@@H](OCc2ccccc2)C1OC(C)=O. The van der Waals surface area contributed by atoms with E-state index < -0.39 is 47.8 Å². The maximum Gasteiger partial charge on any atom is 0.303 e. The third-order valence-electron chi connectivity index (χ3n) is 4.26. The van der Waals surface area contributed by atoms with Crippen LogP contribution in [0.4, 0.5) is 0 Å². The zero-order valence-corrected chi connectivity index (χ0v) is 18.4. The number of hydrogen-bond donors (Lipinski definition) is 0. The first-order valence-corrected chi connectivity index (χ1v) is 10.8. The molecular weight excluding hydrogens is 412 g/mol. The van der Waals surface area contributed by atoms with Crippen molar-refractivity contribution in [1.29, 1.82) is 0 Å². The van der Waals surface area contributed by atoms with Gasteiger partial charge in [-0.15, -0.1) is 11.8 Å². The van der Waals surface area contributed by atoms with Gasteiger partial charge in [0.15, 0.2) is 12.2 Å². The molecule has 5 atom stereocenters. The molecule has 1 aromatic rings. The van der Waals surface area contributed by atoms with Gasteiger partial charge in [-0.2, -0.15) is 0 Å². The molecule has 2 rings (SSSR count). The zero-order chi connectivity index (χ0) is 22.1. The van der Waals surface area contributed by atoms with Gasteiger partial charge in [-0.3, -0.25) is 14.4 Å². The second-order valence-electron chi connectivity index (χ2n) is 6.71. The molecular formula is C21H28O8S. The summed E-state index contributed by atoms with van der Waals surface area (Å²) in [6, 6.07) is 9.46. The fourth-order valence-corrected chi connectivity index (χ4v) is 4.07. The lowest BCUT2D eigenvalue weighted by molar-refractivity contribution is -0.241. The van der Waals surface area contributed by atoms with Crippen LogP contribution in [0.1, 0.15) is 33.3 Å². The van der Waals surface area contributed by atoms with E-state index in [0.717, 1.165) is 5.56 Å². The predicted molar refractivity (Wildman–Crippen MR) is 110 cm³/mol. The molecule has 166 valence electrons. The number of carbonyl (C=O) groups excluding carboxylic acids is 3. The quantitative estimate of drug-likeness (QED) is 0.424. The summed E-state index contributed by atoms with van der Waals surface area (Å²) in [6.07, 6.45) is -3.32. The minimum Gasteiger partial charge on any atom is -0.463 e. The highest BCUT2D eigenvalue weighted by molar-refractivity contribution is 7.99. The standard InChI is InChI=1S/C21H28O8S/c1-5-30-21-20(28-15(4)24)19(26-11-16-9-7-6-8-10-16)18(27-14(3)23)17(29-21)12-25-13(2)22/h6-10,17-21H,5,11-12H2,1-4H3/t17?,18-,19-,20?,21+/m1/s1. The van der Waals surface area contributed by atoms with Crippen molar-refractivity contribution in [1.82, 2.24) is 0 Å². The van der Waals surface area contributed by atoms with Crippen molar-refractivity contribution >= 4 is 29.7 Å². The van der Waals surface area contributed by atoms with Gasteiger partial charge < -0.3 is 23.7 Å². The van der Waals surface area contributed by atoms with Crippen LogP contribution in [-0.4, -0.2) is 60.1 Å². The molecule has 1 aliphatic heterocycles. The van der Waals surface area contributed by atoms with Crippen LogP contribution in [0.3, 0.4) is 0 Å². The molecule has 0 radical (unpaired) electrons. The fourth-order valence-electron chi connectivity index (χ4n) is 3.12. The molecule has 0 saturated carbocycles. The zero-order valence-electron chi connectivity index (χ0n) is 17.6. The van der Waals surface area contributed by atoms with E-state index in [1.165, 1.54) is 32.5 Å². The van der Waals surface area contributed by atoms with E-state index in [4.69, 9.17) is 23.7 Å². The summed E-state index contributed by atoms with van der Waals surface area (Å²) in [5.74, 6) is -0.845. The molecule has 0 N–H and O–H groups in total. The van der Waals surface area contributed by atoms with Gasteiger partial charge in [0.05, 0.1) is 6.61 Å². The Hall–Kier alpha value is -2.10. The number of hydrogen-bond acceptors (Lipinski definition) is 9. The summed E-state index contributed by atoms with van der Waals surface area (Å²) < 4.78 is 28.3. The molecule has 1 heterocycles. The average molecular weight is 441 g/mol. The van der Waals surface area contributed by atoms with E-state index in [1.54, 1.807) is 0 Å². The van der Waals surface area contributed by atoms with E-state index in [9.17, 15) is 14.4 Å². The van der Waals surface area contributed by atoms with Crippen LogP contribution in [0, 0.1) is 0 Å². The summed E-state index contributed by atoms with van der Waals surface area (Å²) in [4.78, 5) is 34.9. The Kier molecular flexibility index (Phi) is 9.61. The van der Waals surface area contributed by atoms with Crippen LogP contribution in [0.25, 0.3) is 0 Å². The van der Waals surface area contributed by atoms with Crippen molar-refractivity contribution in [2.75, 3.05) is 12.4 Å². The van der Waals surface area contributed by atoms with Gasteiger partial charge in [0, 0.05) is 20.8 Å². The smallest absolute Gasteiger partial charge is 0.303 e. The summed E-state index contributed by atoms with van der Waals surface area (Å²) in [5, 5.41) is 0. The number of rotatable bonds is 9. The molecule has 0 amide bonds. The molecule has 1 aromatic carbocycles. The molecule has 1 saturated heterocycles. The number of thioether (sulfide) groups is 1. The molecule has 30 heavy (non-hydrogen) atoms. The molecule has 0 aliphatic carbocycles. The number of carbonyl (C=O) groups is 3. The maximum absolute atomic E-state index is 11.8. The highest BCUT2D eigenvalue weighted by Crippen LogP contribution is 2.34. The Bertz CT molecular complexity index is 710. The van der Waals surface area contributed by atoms with E-state index in [1.807, 2.05) is 37.3 Å². The number of esters is 3. The van der Waals surface area contributed by atoms with Gasteiger partial charge in [0.2, 0.25) is 0 Å². The van der Waals surface area contributed by atoms with Crippen molar-refractivity contribution in [3.05, 3.63) is 35.9 Å². The molecule has 1 fully saturated rings. The van der Waals surface area contributed by atoms with Gasteiger partial charge in [0.1, 0.15) is 24.3 Å². The topological polar surface area (TPSA) is 97.4 Å². The minimum absolute atomic E-state index is 0.119. The first-order chi connectivity index (χ1) is 14.3.